The van der Waals surface area contributed by atoms with Gasteiger partial charge >= 0.3 is 6.36 Å². The molecule has 2 aromatic rings. The Hall–Kier alpha value is -2.50. The largest absolute Gasteiger partial charge is 0.573 e. The molecular weight excluding hydrogens is 319 g/mol. The molecule has 0 saturated heterocycles. The summed E-state index contributed by atoms with van der Waals surface area (Å²) in [4.78, 5) is 14.2. The summed E-state index contributed by atoms with van der Waals surface area (Å²) in [7, 11) is 0. The number of carbonyl (C=O) groups is 1. The first-order chi connectivity index (χ1) is 11.2. The molecule has 0 radical (unpaired) electrons. The molecule has 2 aromatic carbocycles. The Balaban J connectivity index is 1.74. The molecule has 24 heavy (non-hydrogen) atoms. The van der Waals surface area contributed by atoms with Gasteiger partial charge in [0.2, 0.25) is 0 Å². The average Bonchev–Trinajstić information content (AvgIpc) is 2.76. The van der Waals surface area contributed by atoms with Crippen LogP contribution in [0.5, 0.6) is 5.75 Å². The molecule has 1 heterocycles. The molecule has 1 aliphatic rings. The fraction of sp³-hybridized carbons (Fsp3) is 0.278. The van der Waals surface area contributed by atoms with Crippen molar-refractivity contribution in [2.75, 3.05) is 0 Å². The monoisotopic (exact) mass is 335 g/mol. The van der Waals surface area contributed by atoms with E-state index in [0.29, 0.717) is 13.1 Å². The van der Waals surface area contributed by atoms with Crippen molar-refractivity contribution in [3.8, 4) is 5.75 Å². The molecule has 1 amide bonds. The minimum absolute atomic E-state index is 0.0434. The van der Waals surface area contributed by atoms with Crippen molar-refractivity contribution in [3.05, 3.63) is 64.2 Å². The average molecular weight is 335 g/mol. The van der Waals surface area contributed by atoms with Crippen LogP contribution in [0.3, 0.4) is 0 Å². The van der Waals surface area contributed by atoms with Crippen LogP contribution >= 0.6 is 0 Å². The van der Waals surface area contributed by atoms with E-state index in [1.165, 1.54) is 24.3 Å². The number of fused-ring (bicyclic) bond motifs is 1. The van der Waals surface area contributed by atoms with E-state index < -0.39 is 6.36 Å². The van der Waals surface area contributed by atoms with E-state index in [2.05, 4.69) is 4.74 Å². The van der Waals surface area contributed by atoms with Crippen molar-refractivity contribution >= 4 is 5.91 Å². The second-order valence-corrected chi connectivity index (χ2v) is 5.97. The zero-order chi connectivity index (χ0) is 17.5. The van der Waals surface area contributed by atoms with Gasteiger partial charge in [-0.3, -0.25) is 4.79 Å². The molecule has 0 atom stereocenters. The van der Waals surface area contributed by atoms with Crippen molar-refractivity contribution in [3.63, 3.8) is 0 Å². The standard InChI is InChI=1S/C18H16F3NO2/c1-11-7-12(2)16-14(8-11)10-22(17(16)23)9-13-3-5-15(6-4-13)24-18(19,20)21/h3-8H,9-10H2,1-2H3. The number of aryl methyl sites for hydroxylation is 2. The van der Waals surface area contributed by atoms with Crippen LogP contribution in [0.15, 0.2) is 36.4 Å². The van der Waals surface area contributed by atoms with Gasteiger partial charge in [-0.15, -0.1) is 13.2 Å². The highest BCUT2D eigenvalue weighted by atomic mass is 19.4. The number of amides is 1. The quantitative estimate of drug-likeness (QED) is 0.834. The third kappa shape index (κ3) is 3.37. The van der Waals surface area contributed by atoms with Crippen molar-refractivity contribution in [1.82, 2.24) is 4.90 Å². The van der Waals surface area contributed by atoms with Crippen LogP contribution in [0.1, 0.15) is 32.6 Å². The van der Waals surface area contributed by atoms with Gasteiger partial charge in [-0.1, -0.05) is 29.8 Å². The van der Waals surface area contributed by atoms with Crippen LogP contribution in [0, 0.1) is 13.8 Å². The van der Waals surface area contributed by atoms with Gasteiger partial charge in [0.05, 0.1) is 0 Å². The molecule has 0 fully saturated rings. The van der Waals surface area contributed by atoms with Gasteiger partial charge < -0.3 is 9.64 Å². The number of alkyl halides is 3. The second-order valence-electron chi connectivity index (χ2n) is 5.97. The first kappa shape index (κ1) is 16.4. The molecule has 3 rings (SSSR count). The summed E-state index contributed by atoms with van der Waals surface area (Å²) in [6, 6.07) is 9.56. The number of halogens is 3. The van der Waals surface area contributed by atoms with E-state index in [0.717, 1.165) is 27.8 Å². The lowest BCUT2D eigenvalue weighted by atomic mass is 10.0. The summed E-state index contributed by atoms with van der Waals surface area (Å²) in [6.07, 6.45) is -4.70. The van der Waals surface area contributed by atoms with Gasteiger partial charge in [0.1, 0.15) is 5.75 Å². The number of benzene rings is 2. The zero-order valence-electron chi connectivity index (χ0n) is 13.3. The van der Waals surface area contributed by atoms with Gasteiger partial charge in [0, 0.05) is 18.7 Å². The predicted molar refractivity (Wildman–Crippen MR) is 82.6 cm³/mol. The highest BCUT2D eigenvalue weighted by molar-refractivity contribution is 5.99. The molecule has 0 spiro atoms. The fourth-order valence-corrected chi connectivity index (χ4v) is 3.07. The minimum atomic E-state index is -4.70. The number of rotatable bonds is 3. The van der Waals surface area contributed by atoms with Gasteiger partial charge in [0.15, 0.2) is 0 Å². The lowest BCUT2D eigenvalue weighted by Gasteiger charge is -2.16. The maximum Gasteiger partial charge on any atom is 0.573 e. The maximum atomic E-state index is 12.5. The lowest BCUT2D eigenvalue weighted by Crippen LogP contribution is -2.23. The van der Waals surface area contributed by atoms with Gasteiger partial charge in [0.25, 0.3) is 5.91 Å². The molecule has 1 aliphatic heterocycles. The van der Waals surface area contributed by atoms with Crippen LogP contribution in [0.25, 0.3) is 0 Å². The van der Waals surface area contributed by atoms with Crippen LogP contribution in [0.4, 0.5) is 13.2 Å². The maximum absolute atomic E-state index is 12.5. The summed E-state index contributed by atoms with van der Waals surface area (Å²) in [5.41, 5.74) is 4.54. The third-order valence-electron chi connectivity index (χ3n) is 3.95. The molecule has 0 aromatic heterocycles. The number of ether oxygens (including phenoxy) is 1. The van der Waals surface area contributed by atoms with Crippen molar-refractivity contribution in [2.24, 2.45) is 0 Å². The summed E-state index contributed by atoms with van der Waals surface area (Å²) in [6.45, 7) is 4.76. The smallest absolute Gasteiger partial charge is 0.406 e. The van der Waals surface area contributed by atoms with Gasteiger partial charge in [-0.05, 0) is 42.7 Å². The number of nitrogens with zero attached hydrogens (tertiary/aromatic N) is 1. The Morgan fingerprint density at radius 2 is 1.79 bits per heavy atom. The predicted octanol–water partition coefficient (Wildman–Crippen LogP) is 4.36. The normalized spacial score (nSPS) is 14.0. The van der Waals surface area contributed by atoms with Gasteiger partial charge in [-0.25, -0.2) is 0 Å². The van der Waals surface area contributed by atoms with E-state index in [1.54, 1.807) is 4.90 Å². The molecule has 0 aliphatic carbocycles. The Bertz CT molecular complexity index is 782. The summed E-state index contributed by atoms with van der Waals surface area (Å²) >= 11 is 0. The first-order valence-corrected chi connectivity index (χ1v) is 7.47. The third-order valence-corrected chi connectivity index (χ3v) is 3.95. The zero-order valence-corrected chi connectivity index (χ0v) is 13.3. The molecule has 0 N–H and O–H groups in total. The van der Waals surface area contributed by atoms with Crippen molar-refractivity contribution in [1.29, 1.82) is 0 Å². The lowest BCUT2D eigenvalue weighted by molar-refractivity contribution is -0.274. The molecule has 6 heteroatoms. The van der Waals surface area contributed by atoms with Crippen LogP contribution in [-0.2, 0) is 13.1 Å². The first-order valence-electron chi connectivity index (χ1n) is 7.47. The Morgan fingerprint density at radius 1 is 1.12 bits per heavy atom. The van der Waals surface area contributed by atoms with Gasteiger partial charge in [-0.2, -0.15) is 0 Å². The van der Waals surface area contributed by atoms with E-state index in [9.17, 15) is 18.0 Å². The van der Waals surface area contributed by atoms with Crippen molar-refractivity contribution < 1.29 is 22.7 Å². The topological polar surface area (TPSA) is 29.5 Å². The van der Waals surface area contributed by atoms with Crippen molar-refractivity contribution in [2.45, 2.75) is 33.3 Å². The number of hydrogen-bond donors (Lipinski definition) is 0. The molecule has 0 bridgehead atoms. The fourth-order valence-electron chi connectivity index (χ4n) is 3.07. The van der Waals surface area contributed by atoms with E-state index in [1.807, 2.05) is 26.0 Å². The van der Waals surface area contributed by atoms with E-state index >= 15 is 0 Å². The van der Waals surface area contributed by atoms with E-state index in [4.69, 9.17) is 0 Å². The molecular formula is C18H16F3NO2. The van der Waals surface area contributed by atoms with Crippen LogP contribution in [0.2, 0.25) is 0 Å². The highest BCUT2D eigenvalue weighted by Crippen LogP contribution is 2.29. The molecule has 3 nitrogen and oxygen atoms in total. The van der Waals surface area contributed by atoms with E-state index in [-0.39, 0.29) is 11.7 Å². The number of hydrogen-bond acceptors (Lipinski definition) is 2. The Kier molecular flexibility index (Phi) is 3.99. The second kappa shape index (κ2) is 5.85. The molecule has 0 saturated carbocycles. The highest BCUT2D eigenvalue weighted by Gasteiger charge is 2.31. The number of carbonyl (C=O) groups excluding carboxylic acids is 1. The minimum Gasteiger partial charge on any atom is -0.406 e. The summed E-state index contributed by atoms with van der Waals surface area (Å²) in [5, 5.41) is 0. The Labute approximate surface area is 137 Å². The Morgan fingerprint density at radius 3 is 2.42 bits per heavy atom. The summed E-state index contributed by atoms with van der Waals surface area (Å²) in [5.74, 6) is -0.313. The molecule has 126 valence electrons. The molecule has 0 unspecified atom stereocenters. The SMILES string of the molecule is Cc1cc(C)c2c(c1)CN(Cc1ccc(OC(F)(F)F)cc1)C2=O. The van der Waals surface area contributed by atoms with Crippen LogP contribution < -0.4 is 4.74 Å². The summed E-state index contributed by atoms with van der Waals surface area (Å²) < 4.78 is 40.3. The van der Waals surface area contributed by atoms with Crippen LogP contribution in [-0.4, -0.2) is 17.2 Å².